The van der Waals surface area contributed by atoms with E-state index in [-0.39, 0.29) is 10.9 Å². The number of hydrogen-bond acceptors (Lipinski definition) is 8. The fourth-order valence-corrected chi connectivity index (χ4v) is 3.81. The molecule has 1 heterocycles. The van der Waals surface area contributed by atoms with Crippen LogP contribution in [0.2, 0.25) is 0 Å². The van der Waals surface area contributed by atoms with E-state index in [0.29, 0.717) is 28.6 Å². The van der Waals surface area contributed by atoms with Crippen molar-refractivity contribution in [2.75, 3.05) is 26.0 Å². The minimum absolute atomic E-state index is 0.220. The molecule has 0 radical (unpaired) electrons. The summed E-state index contributed by atoms with van der Waals surface area (Å²) in [6.07, 6.45) is 1.63. The first-order valence-electron chi connectivity index (χ1n) is 7.25. The van der Waals surface area contributed by atoms with Crippen molar-refractivity contribution in [1.82, 2.24) is 4.90 Å². The Hall–Kier alpha value is -1.62. The van der Waals surface area contributed by atoms with Crippen LogP contribution in [0.15, 0.2) is 23.1 Å². The van der Waals surface area contributed by atoms with Gasteiger partial charge in [0, 0.05) is 6.54 Å². The normalized spacial score (nSPS) is 16.6. The third-order valence-electron chi connectivity index (χ3n) is 3.22. The third kappa shape index (κ3) is 5.18. The summed E-state index contributed by atoms with van der Waals surface area (Å²) < 4.78 is 43.2. The van der Waals surface area contributed by atoms with E-state index in [9.17, 15) is 17.8 Å². The van der Waals surface area contributed by atoms with E-state index in [1.54, 1.807) is 24.3 Å². The Bertz CT molecular complexity index is 819. The van der Waals surface area contributed by atoms with Crippen molar-refractivity contribution in [3.8, 4) is 11.5 Å². The van der Waals surface area contributed by atoms with Crippen LogP contribution in [0, 0.1) is 0 Å². The lowest BCUT2D eigenvalue weighted by Gasteiger charge is -2.15. The summed E-state index contributed by atoms with van der Waals surface area (Å²) in [7, 11) is -2.90. The number of carbonyl (C=O) groups is 1. The zero-order valence-corrected chi connectivity index (χ0v) is 16.0. The minimum atomic E-state index is -4.42. The smallest absolute Gasteiger partial charge is 0.266 e. The second-order valence-corrected chi connectivity index (χ2v) is 8.14. The maximum absolute atomic E-state index is 12.4. The van der Waals surface area contributed by atoms with Gasteiger partial charge in [-0.1, -0.05) is 30.0 Å². The molecule has 0 aliphatic carbocycles. The van der Waals surface area contributed by atoms with Crippen molar-refractivity contribution in [2.24, 2.45) is 0 Å². The van der Waals surface area contributed by atoms with Crippen molar-refractivity contribution in [3.05, 3.63) is 28.7 Å². The first kappa shape index (κ1) is 19.7. The van der Waals surface area contributed by atoms with Gasteiger partial charge in [-0.05, 0) is 30.7 Å². The molecular formula is C15H16NO6S3-. The Balaban J connectivity index is 2.21. The monoisotopic (exact) mass is 402 g/mol. The van der Waals surface area contributed by atoms with Gasteiger partial charge in [0.25, 0.3) is 5.91 Å². The molecule has 7 nitrogen and oxygen atoms in total. The first-order chi connectivity index (χ1) is 11.7. The molecule has 136 valence electrons. The number of benzene rings is 1. The van der Waals surface area contributed by atoms with Crippen LogP contribution in [0.3, 0.4) is 0 Å². The minimum Gasteiger partial charge on any atom is -0.748 e. The number of ether oxygens (including phenoxy) is 2. The quantitative estimate of drug-likeness (QED) is 0.387. The number of thiocarbonyl (C=S) groups is 1. The molecule has 0 bridgehead atoms. The maximum atomic E-state index is 12.4. The molecule has 0 saturated carbocycles. The van der Waals surface area contributed by atoms with Crippen LogP contribution in [0.25, 0.3) is 6.08 Å². The molecule has 1 amide bonds. The van der Waals surface area contributed by atoms with Crippen LogP contribution in [-0.4, -0.2) is 54.1 Å². The largest absolute Gasteiger partial charge is 0.748 e. The molecule has 1 aliphatic rings. The highest BCUT2D eigenvalue weighted by atomic mass is 32.2. The van der Waals surface area contributed by atoms with Gasteiger partial charge in [-0.25, -0.2) is 8.42 Å². The molecule has 2 rings (SSSR count). The van der Waals surface area contributed by atoms with Crippen LogP contribution in [0.4, 0.5) is 0 Å². The predicted octanol–water partition coefficient (Wildman–Crippen LogP) is 1.84. The van der Waals surface area contributed by atoms with Crippen molar-refractivity contribution in [3.63, 3.8) is 0 Å². The van der Waals surface area contributed by atoms with E-state index in [0.717, 1.165) is 16.7 Å². The van der Waals surface area contributed by atoms with Crippen LogP contribution < -0.4 is 9.47 Å². The number of hydrogen-bond donors (Lipinski definition) is 0. The van der Waals surface area contributed by atoms with Crippen molar-refractivity contribution in [1.29, 1.82) is 0 Å². The van der Waals surface area contributed by atoms with E-state index < -0.39 is 21.8 Å². The molecule has 1 fully saturated rings. The number of rotatable bonds is 7. The van der Waals surface area contributed by atoms with Gasteiger partial charge in [-0.2, -0.15) is 0 Å². The van der Waals surface area contributed by atoms with Gasteiger partial charge in [0.15, 0.2) is 11.5 Å². The summed E-state index contributed by atoms with van der Waals surface area (Å²) in [6, 6.07) is 5.22. The second-order valence-electron chi connectivity index (χ2n) is 4.94. The molecule has 0 aromatic heterocycles. The first-order valence-corrected chi connectivity index (χ1v) is 10.0. The van der Waals surface area contributed by atoms with Gasteiger partial charge < -0.3 is 14.0 Å². The number of nitrogens with zero attached hydrogens (tertiary/aromatic N) is 1. The van der Waals surface area contributed by atoms with Gasteiger partial charge in [-0.3, -0.25) is 9.69 Å². The number of carbonyl (C=O) groups excluding carboxylic acids is 1. The van der Waals surface area contributed by atoms with Gasteiger partial charge in [0.2, 0.25) is 0 Å². The highest BCUT2D eigenvalue weighted by molar-refractivity contribution is 8.26. The molecule has 25 heavy (non-hydrogen) atoms. The van der Waals surface area contributed by atoms with Crippen LogP contribution in [-0.2, 0) is 14.9 Å². The maximum Gasteiger partial charge on any atom is 0.266 e. The molecule has 1 aromatic carbocycles. The van der Waals surface area contributed by atoms with Crippen molar-refractivity contribution in [2.45, 2.75) is 6.92 Å². The Morgan fingerprint density at radius 1 is 1.36 bits per heavy atom. The molecule has 0 spiro atoms. The van der Waals surface area contributed by atoms with Crippen LogP contribution in [0.1, 0.15) is 12.5 Å². The fourth-order valence-electron chi connectivity index (χ4n) is 2.10. The average Bonchev–Trinajstić information content (AvgIpc) is 2.80. The molecule has 1 aliphatic heterocycles. The van der Waals surface area contributed by atoms with E-state index in [1.807, 2.05) is 6.92 Å². The number of thioether (sulfide) groups is 1. The standard InChI is InChI=1S/C15H17NO6S3/c1-3-22-11-5-4-10(8-12(11)21-2)9-13-14(17)16(15(23)24-13)6-7-25(18,19)20/h4-5,8-9H,3,6-7H2,1-2H3,(H,18,19,20)/p-1/b13-9-. The number of methoxy groups -OCH3 is 1. The second kappa shape index (κ2) is 8.17. The van der Waals surface area contributed by atoms with Crippen LogP contribution >= 0.6 is 24.0 Å². The Morgan fingerprint density at radius 2 is 2.08 bits per heavy atom. The lowest BCUT2D eigenvalue weighted by molar-refractivity contribution is -0.121. The van der Waals surface area contributed by atoms with Gasteiger partial charge in [0.05, 0.1) is 34.5 Å². The highest BCUT2D eigenvalue weighted by Gasteiger charge is 2.32. The molecule has 10 heteroatoms. The summed E-state index contributed by atoms with van der Waals surface area (Å²) in [6.45, 7) is 2.11. The summed E-state index contributed by atoms with van der Waals surface area (Å²) in [5.74, 6) is 0.0224. The molecule has 1 saturated heterocycles. The van der Waals surface area contributed by atoms with Gasteiger partial charge >= 0.3 is 0 Å². The topological polar surface area (TPSA) is 96.0 Å². The Morgan fingerprint density at radius 3 is 2.68 bits per heavy atom. The lowest BCUT2D eigenvalue weighted by Crippen LogP contribution is -2.32. The van der Waals surface area contributed by atoms with Crippen LogP contribution in [0.5, 0.6) is 11.5 Å². The summed E-state index contributed by atoms with van der Waals surface area (Å²) in [5.41, 5.74) is 0.706. The fraction of sp³-hybridized carbons (Fsp3) is 0.333. The van der Waals surface area contributed by atoms with E-state index >= 15 is 0 Å². The molecule has 0 unspecified atom stereocenters. The SMILES string of the molecule is CCOc1ccc(/C=C2\SC(=S)N(CCS(=O)(=O)[O-])C2=O)cc1OC. The molecule has 0 N–H and O–H groups in total. The predicted molar refractivity (Wildman–Crippen MR) is 98.6 cm³/mol. The van der Waals surface area contributed by atoms with E-state index in [1.165, 1.54) is 7.11 Å². The van der Waals surface area contributed by atoms with Crippen molar-refractivity contribution < 1.29 is 27.2 Å². The average molecular weight is 402 g/mol. The highest BCUT2D eigenvalue weighted by Crippen LogP contribution is 2.34. The Kier molecular flexibility index (Phi) is 6.44. The van der Waals surface area contributed by atoms with E-state index in [4.69, 9.17) is 21.7 Å². The van der Waals surface area contributed by atoms with Crippen molar-refractivity contribution >= 4 is 50.4 Å². The molecule has 0 atom stereocenters. The van der Waals surface area contributed by atoms with Gasteiger partial charge in [0.1, 0.15) is 4.32 Å². The number of amides is 1. The summed E-state index contributed by atoms with van der Waals surface area (Å²) in [4.78, 5) is 13.8. The van der Waals surface area contributed by atoms with E-state index in [2.05, 4.69) is 0 Å². The third-order valence-corrected chi connectivity index (χ3v) is 5.28. The van der Waals surface area contributed by atoms with Gasteiger partial charge in [-0.15, -0.1) is 0 Å². The zero-order valence-electron chi connectivity index (χ0n) is 13.6. The summed E-state index contributed by atoms with van der Waals surface area (Å²) >= 11 is 6.14. The molecular weight excluding hydrogens is 386 g/mol. The Labute approximate surface area is 155 Å². The zero-order chi connectivity index (χ0) is 18.6. The lowest BCUT2D eigenvalue weighted by atomic mass is 10.2. The summed E-state index contributed by atoms with van der Waals surface area (Å²) in [5, 5.41) is 0. The molecule has 1 aromatic rings.